The van der Waals surface area contributed by atoms with Gasteiger partial charge in [0.05, 0.1) is 11.4 Å². The van der Waals surface area contributed by atoms with E-state index < -0.39 is 10.0 Å². The van der Waals surface area contributed by atoms with E-state index in [1.807, 2.05) is 17.0 Å². The van der Waals surface area contributed by atoms with Gasteiger partial charge in [-0.2, -0.15) is 4.31 Å². The van der Waals surface area contributed by atoms with Crippen molar-refractivity contribution < 1.29 is 13.2 Å². The SMILES string of the molecule is CC[C@H](C)c1ccc(S(=O)(=O)N2CCN(CC(=O)N3CCCC3)CC2)cc1. The fourth-order valence-electron chi connectivity index (χ4n) is 3.74. The maximum absolute atomic E-state index is 12.9. The summed E-state index contributed by atoms with van der Waals surface area (Å²) < 4.78 is 27.4. The molecule has 0 saturated carbocycles. The lowest BCUT2D eigenvalue weighted by Crippen LogP contribution is -2.51. The lowest BCUT2D eigenvalue weighted by atomic mass is 9.99. The highest BCUT2D eigenvalue weighted by molar-refractivity contribution is 7.89. The van der Waals surface area contributed by atoms with Gasteiger partial charge in [0.1, 0.15) is 0 Å². The summed E-state index contributed by atoms with van der Waals surface area (Å²) in [5, 5.41) is 0. The molecule has 0 unspecified atom stereocenters. The van der Waals surface area contributed by atoms with Crippen LogP contribution in [0.15, 0.2) is 29.2 Å². The number of amides is 1. The van der Waals surface area contributed by atoms with Gasteiger partial charge in [-0.25, -0.2) is 8.42 Å². The number of nitrogens with zero attached hydrogens (tertiary/aromatic N) is 3. The Morgan fingerprint density at radius 2 is 1.59 bits per heavy atom. The molecular formula is C20H31N3O3S. The zero-order valence-corrected chi connectivity index (χ0v) is 17.2. The maximum atomic E-state index is 12.9. The van der Waals surface area contributed by atoms with Gasteiger partial charge in [0.15, 0.2) is 0 Å². The van der Waals surface area contributed by atoms with E-state index in [0.29, 0.717) is 43.5 Å². The number of hydrogen-bond donors (Lipinski definition) is 0. The van der Waals surface area contributed by atoms with Gasteiger partial charge in [-0.15, -0.1) is 0 Å². The van der Waals surface area contributed by atoms with Crippen LogP contribution >= 0.6 is 0 Å². The minimum atomic E-state index is -3.47. The molecule has 0 aliphatic carbocycles. The molecule has 1 aromatic rings. The Morgan fingerprint density at radius 3 is 2.15 bits per heavy atom. The van der Waals surface area contributed by atoms with E-state index in [9.17, 15) is 13.2 Å². The molecule has 3 rings (SSSR count). The van der Waals surface area contributed by atoms with Crippen molar-refractivity contribution >= 4 is 15.9 Å². The molecule has 2 saturated heterocycles. The average Bonchev–Trinajstić information content (AvgIpc) is 3.23. The van der Waals surface area contributed by atoms with Crippen LogP contribution in [0.5, 0.6) is 0 Å². The van der Waals surface area contributed by atoms with Gasteiger partial charge in [0.2, 0.25) is 15.9 Å². The Labute approximate surface area is 163 Å². The summed E-state index contributed by atoms with van der Waals surface area (Å²) in [6.07, 6.45) is 3.21. The van der Waals surface area contributed by atoms with Crippen LogP contribution in [0.4, 0.5) is 0 Å². The summed E-state index contributed by atoms with van der Waals surface area (Å²) in [4.78, 5) is 16.6. The Kier molecular flexibility index (Phi) is 6.55. The Morgan fingerprint density at radius 1 is 1.00 bits per heavy atom. The summed E-state index contributed by atoms with van der Waals surface area (Å²) in [6.45, 7) is 8.46. The van der Waals surface area contributed by atoms with Gasteiger partial charge in [-0.3, -0.25) is 9.69 Å². The van der Waals surface area contributed by atoms with Crippen LogP contribution in [-0.2, 0) is 14.8 Å². The Hall–Kier alpha value is -1.44. The number of rotatable bonds is 6. The van der Waals surface area contributed by atoms with Crippen LogP contribution in [0.2, 0.25) is 0 Å². The third kappa shape index (κ3) is 4.70. The molecule has 1 amide bonds. The van der Waals surface area contributed by atoms with E-state index in [1.165, 1.54) is 5.56 Å². The van der Waals surface area contributed by atoms with E-state index in [1.54, 1.807) is 16.4 Å². The highest BCUT2D eigenvalue weighted by atomic mass is 32.2. The Balaban J connectivity index is 1.57. The standard InChI is InChI=1S/C20H31N3O3S/c1-3-17(2)18-6-8-19(9-7-18)27(25,26)23-14-12-21(13-15-23)16-20(24)22-10-4-5-11-22/h6-9,17H,3-5,10-16H2,1-2H3/t17-/m0/s1. The molecule has 0 aromatic heterocycles. The highest BCUT2D eigenvalue weighted by Crippen LogP contribution is 2.23. The molecule has 7 heteroatoms. The zero-order valence-electron chi connectivity index (χ0n) is 16.4. The lowest BCUT2D eigenvalue weighted by molar-refractivity contribution is -0.131. The molecule has 0 N–H and O–H groups in total. The van der Waals surface area contributed by atoms with E-state index in [4.69, 9.17) is 0 Å². The largest absolute Gasteiger partial charge is 0.342 e. The topological polar surface area (TPSA) is 60.9 Å². The lowest BCUT2D eigenvalue weighted by Gasteiger charge is -2.34. The summed E-state index contributed by atoms with van der Waals surface area (Å²) in [5.74, 6) is 0.600. The molecule has 150 valence electrons. The summed E-state index contributed by atoms with van der Waals surface area (Å²) in [6, 6.07) is 7.29. The van der Waals surface area contributed by atoms with E-state index in [2.05, 4.69) is 18.7 Å². The molecule has 1 aromatic carbocycles. The van der Waals surface area contributed by atoms with Crippen LogP contribution in [-0.4, -0.2) is 74.2 Å². The van der Waals surface area contributed by atoms with Crippen molar-refractivity contribution in [3.05, 3.63) is 29.8 Å². The predicted molar refractivity (Wildman–Crippen MR) is 106 cm³/mol. The van der Waals surface area contributed by atoms with Gasteiger partial charge in [0, 0.05) is 39.3 Å². The second-order valence-electron chi connectivity index (χ2n) is 7.65. The van der Waals surface area contributed by atoms with Crippen molar-refractivity contribution in [2.45, 2.75) is 43.9 Å². The van der Waals surface area contributed by atoms with Crippen molar-refractivity contribution in [1.29, 1.82) is 0 Å². The molecule has 0 bridgehead atoms. The summed E-state index contributed by atoms with van der Waals surface area (Å²) in [7, 11) is -3.47. The third-order valence-corrected chi connectivity index (χ3v) is 7.76. The minimum absolute atomic E-state index is 0.171. The van der Waals surface area contributed by atoms with Crippen molar-refractivity contribution in [2.75, 3.05) is 45.8 Å². The number of hydrogen-bond acceptors (Lipinski definition) is 4. The monoisotopic (exact) mass is 393 g/mol. The fraction of sp³-hybridized carbons (Fsp3) is 0.650. The average molecular weight is 394 g/mol. The van der Waals surface area contributed by atoms with Crippen molar-refractivity contribution in [2.24, 2.45) is 0 Å². The molecule has 0 radical (unpaired) electrons. The van der Waals surface area contributed by atoms with Crippen molar-refractivity contribution in [3.8, 4) is 0 Å². The van der Waals surface area contributed by atoms with Gasteiger partial charge in [0.25, 0.3) is 0 Å². The maximum Gasteiger partial charge on any atom is 0.243 e. The van der Waals surface area contributed by atoms with Gasteiger partial charge in [-0.1, -0.05) is 26.0 Å². The number of piperazine rings is 1. The number of sulfonamides is 1. The molecule has 1 atom stereocenters. The van der Waals surface area contributed by atoms with E-state index >= 15 is 0 Å². The zero-order chi connectivity index (χ0) is 19.4. The quantitative estimate of drug-likeness (QED) is 0.743. The van der Waals surface area contributed by atoms with Crippen LogP contribution in [0, 0.1) is 0 Å². The van der Waals surface area contributed by atoms with Crippen LogP contribution in [0.3, 0.4) is 0 Å². The van der Waals surface area contributed by atoms with Crippen LogP contribution in [0.1, 0.15) is 44.6 Å². The fourth-order valence-corrected chi connectivity index (χ4v) is 5.16. The van der Waals surface area contributed by atoms with Gasteiger partial charge < -0.3 is 4.90 Å². The molecule has 27 heavy (non-hydrogen) atoms. The first-order chi connectivity index (χ1) is 12.9. The third-order valence-electron chi connectivity index (χ3n) is 5.85. The first-order valence-corrected chi connectivity index (χ1v) is 11.5. The second-order valence-corrected chi connectivity index (χ2v) is 9.58. The van der Waals surface area contributed by atoms with E-state index in [-0.39, 0.29) is 5.91 Å². The highest BCUT2D eigenvalue weighted by Gasteiger charge is 2.30. The van der Waals surface area contributed by atoms with Gasteiger partial charge in [-0.05, 0) is 42.9 Å². The van der Waals surface area contributed by atoms with Gasteiger partial charge >= 0.3 is 0 Å². The number of likely N-dealkylation sites (tertiary alicyclic amines) is 1. The normalized spacial score (nSPS) is 20.7. The molecule has 2 aliphatic heterocycles. The predicted octanol–water partition coefficient (Wildman–Crippen LogP) is 2.13. The molecule has 2 heterocycles. The number of carbonyl (C=O) groups excluding carboxylic acids is 1. The number of carbonyl (C=O) groups is 1. The minimum Gasteiger partial charge on any atom is -0.342 e. The first kappa shape index (κ1) is 20.3. The van der Waals surface area contributed by atoms with E-state index in [0.717, 1.165) is 32.4 Å². The number of benzene rings is 1. The molecule has 2 fully saturated rings. The first-order valence-electron chi connectivity index (χ1n) is 10.0. The molecule has 6 nitrogen and oxygen atoms in total. The second kappa shape index (κ2) is 8.71. The molecular weight excluding hydrogens is 362 g/mol. The Bertz CT molecular complexity index is 734. The van der Waals surface area contributed by atoms with Crippen LogP contribution < -0.4 is 0 Å². The molecule has 0 spiro atoms. The van der Waals surface area contributed by atoms with Crippen molar-refractivity contribution in [1.82, 2.24) is 14.1 Å². The molecule has 2 aliphatic rings. The van der Waals surface area contributed by atoms with Crippen molar-refractivity contribution in [3.63, 3.8) is 0 Å². The summed E-state index contributed by atoms with van der Waals surface area (Å²) in [5.41, 5.74) is 1.17. The van der Waals surface area contributed by atoms with Crippen LogP contribution in [0.25, 0.3) is 0 Å². The smallest absolute Gasteiger partial charge is 0.243 e. The summed E-state index contributed by atoms with van der Waals surface area (Å²) >= 11 is 0.